The molecular formula is C44H68O8S2. The van der Waals surface area contributed by atoms with E-state index in [0.29, 0.717) is 32.7 Å². The van der Waals surface area contributed by atoms with Crippen LogP contribution in [0, 0.1) is 11.3 Å². The van der Waals surface area contributed by atoms with E-state index in [1.807, 2.05) is 59.9 Å². The van der Waals surface area contributed by atoms with Gasteiger partial charge in [0.1, 0.15) is 12.5 Å². The maximum Gasteiger partial charge on any atom is 0.146 e. The average molecular weight is 789 g/mol. The van der Waals surface area contributed by atoms with Gasteiger partial charge in [0.2, 0.25) is 0 Å². The Kier molecular flexibility index (Phi) is 20.2. The van der Waals surface area contributed by atoms with Crippen molar-refractivity contribution in [2.75, 3.05) is 45.7 Å². The molecule has 304 valence electrons. The number of aliphatic hydroxyl groups is 2. The Morgan fingerprint density at radius 3 is 2.37 bits per heavy atom. The van der Waals surface area contributed by atoms with Crippen LogP contribution in [-0.4, -0.2) is 90.5 Å². The van der Waals surface area contributed by atoms with Gasteiger partial charge in [-0.1, -0.05) is 75.4 Å². The molecule has 2 saturated heterocycles. The van der Waals surface area contributed by atoms with Gasteiger partial charge in [-0.3, -0.25) is 0 Å². The van der Waals surface area contributed by atoms with Gasteiger partial charge in [-0.15, -0.1) is 23.5 Å². The number of thioether (sulfide) groups is 2. The van der Waals surface area contributed by atoms with Crippen LogP contribution in [0.4, 0.5) is 0 Å². The number of allylic oxidation sites excluding steroid dienone is 1. The van der Waals surface area contributed by atoms with E-state index in [0.717, 1.165) is 67.8 Å². The zero-order chi connectivity index (χ0) is 38.7. The lowest BCUT2D eigenvalue weighted by molar-refractivity contribution is -0.153. The molecule has 0 aromatic heterocycles. The molecule has 0 radical (unpaired) electrons. The molecule has 0 amide bonds. The number of hydrogen-bond acceptors (Lipinski definition) is 10. The zero-order valence-electron chi connectivity index (χ0n) is 33.5. The van der Waals surface area contributed by atoms with Crippen molar-refractivity contribution in [1.29, 1.82) is 0 Å². The van der Waals surface area contributed by atoms with Gasteiger partial charge in [0, 0.05) is 18.9 Å². The van der Waals surface area contributed by atoms with Crippen molar-refractivity contribution in [3.8, 4) is 5.75 Å². The highest BCUT2D eigenvalue weighted by Gasteiger charge is 2.38. The summed E-state index contributed by atoms with van der Waals surface area (Å²) in [6, 6.07) is 18.4. The van der Waals surface area contributed by atoms with Crippen LogP contribution in [0.3, 0.4) is 0 Å². The first-order valence-corrected chi connectivity index (χ1v) is 22.0. The summed E-state index contributed by atoms with van der Waals surface area (Å²) >= 11 is 3.93. The molecule has 8 nitrogen and oxygen atoms in total. The first-order chi connectivity index (χ1) is 26.1. The number of methoxy groups -OCH3 is 2. The second kappa shape index (κ2) is 24.2. The first-order valence-electron chi connectivity index (χ1n) is 20.0. The van der Waals surface area contributed by atoms with Gasteiger partial charge in [-0.05, 0) is 98.5 Å². The fourth-order valence-electron chi connectivity index (χ4n) is 7.46. The van der Waals surface area contributed by atoms with E-state index in [2.05, 4.69) is 51.1 Å². The molecule has 2 aromatic rings. The molecule has 10 heteroatoms. The quantitative estimate of drug-likeness (QED) is 0.0749. The van der Waals surface area contributed by atoms with Crippen molar-refractivity contribution < 1.29 is 38.6 Å². The van der Waals surface area contributed by atoms with Gasteiger partial charge in [0.15, 0.2) is 0 Å². The Morgan fingerprint density at radius 2 is 1.67 bits per heavy atom. The van der Waals surface area contributed by atoms with Crippen LogP contribution in [0.1, 0.15) is 96.1 Å². The fourth-order valence-corrected chi connectivity index (χ4v) is 10.8. The van der Waals surface area contributed by atoms with Crippen molar-refractivity contribution in [2.24, 2.45) is 11.3 Å². The Hall–Kier alpha value is -1.60. The second-order valence-corrected chi connectivity index (χ2v) is 19.0. The number of hydrogen-bond donors (Lipinski definition) is 2. The van der Waals surface area contributed by atoms with Crippen molar-refractivity contribution in [3.05, 3.63) is 77.9 Å². The molecular weight excluding hydrogens is 721 g/mol. The lowest BCUT2D eigenvalue weighted by atomic mass is 9.82. The highest BCUT2D eigenvalue weighted by Crippen LogP contribution is 2.48. The van der Waals surface area contributed by atoms with Crippen LogP contribution in [0.25, 0.3) is 0 Å². The van der Waals surface area contributed by atoms with Crippen molar-refractivity contribution in [1.82, 2.24) is 0 Å². The van der Waals surface area contributed by atoms with Crippen molar-refractivity contribution in [3.63, 3.8) is 0 Å². The first kappa shape index (κ1) is 45.1. The molecule has 2 aromatic carbocycles. The normalized spacial score (nSPS) is 21.5. The number of ether oxygens (including phenoxy) is 6. The Morgan fingerprint density at radius 1 is 0.926 bits per heavy atom. The minimum atomic E-state index is -0.413. The molecule has 2 fully saturated rings. The number of benzene rings is 2. The largest absolute Gasteiger partial charge is 0.497 e. The fraction of sp³-hybridized carbons (Fsp3) is 0.682. The summed E-state index contributed by atoms with van der Waals surface area (Å²) < 4.78 is 36.9. The summed E-state index contributed by atoms with van der Waals surface area (Å²) in [7, 11) is 3.34. The van der Waals surface area contributed by atoms with Gasteiger partial charge >= 0.3 is 0 Å². The summed E-state index contributed by atoms with van der Waals surface area (Å²) in [4.78, 5) is 0. The minimum Gasteiger partial charge on any atom is -0.497 e. The van der Waals surface area contributed by atoms with Gasteiger partial charge in [0.25, 0.3) is 0 Å². The monoisotopic (exact) mass is 788 g/mol. The van der Waals surface area contributed by atoms with Crippen LogP contribution in [-0.2, 0) is 36.9 Å². The van der Waals surface area contributed by atoms with Crippen LogP contribution in [0.2, 0.25) is 0 Å². The molecule has 2 aliphatic rings. The lowest BCUT2D eigenvalue weighted by Crippen LogP contribution is -2.42. The van der Waals surface area contributed by atoms with Gasteiger partial charge in [-0.25, -0.2) is 0 Å². The topological polar surface area (TPSA) is 95.8 Å². The highest BCUT2D eigenvalue weighted by molar-refractivity contribution is 8.18. The molecule has 0 saturated carbocycles. The molecule has 2 heterocycles. The van der Waals surface area contributed by atoms with E-state index in [-0.39, 0.29) is 53.2 Å². The van der Waals surface area contributed by atoms with Crippen LogP contribution >= 0.6 is 23.5 Å². The summed E-state index contributed by atoms with van der Waals surface area (Å²) in [6.07, 6.45) is 12.3. The smallest absolute Gasteiger partial charge is 0.146 e. The predicted molar refractivity (Wildman–Crippen MR) is 222 cm³/mol. The highest BCUT2D eigenvalue weighted by atomic mass is 32.2. The number of aliphatic hydroxyl groups excluding tert-OH is 2. The summed E-state index contributed by atoms with van der Waals surface area (Å²) in [6.45, 7) is 8.71. The molecule has 0 bridgehead atoms. The van der Waals surface area contributed by atoms with E-state index in [1.54, 1.807) is 14.2 Å². The standard InChI is InChI=1S/C44H68O8S2/c1-34(17-20-37(46)29-44(23-9-10-24-45)53-25-12-26-54-44)41(50-31-36-18-21-38(48-5)22-19-36)28-40(51-33-47-4)27-39-15-11-16-42(52-39)43(2,3)32-49-30-35-13-7-6-8-14-35/h6-10,13-14,18-19,21-22,34,37,39-42,45-46H,11-12,15-17,20,23-33H2,1-5H3/b10-9+/t34-,37+,39-,40-,41+,42+/m0/s1. The molecule has 54 heavy (non-hydrogen) atoms. The van der Waals surface area contributed by atoms with Gasteiger partial charge < -0.3 is 38.6 Å². The van der Waals surface area contributed by atoms with E-state index in [9.17, 15) is 10.2 Å². The third-order valence-corrected chi connectivity index (χ3v) is 14.1. The SMILES string of the molecule is COCO[C@@H](C[C@@H]1CCC[C@H](C(C)(C)COCc2ccccc2)O1)C[C@@H](OCc1ccc(OC)cc1)[C@@H](C)CC[C@@H](O)CC1(C/C=C/CO)SCCCS1. The summed E-state index contributed by atoms with van der Waals surface area (Å²) in [5, 5.41) is 20.7. The van der Waals surface area contributed by atoms with E-state index in [1.165, 1.54) is 12.0 Å². The van der Waals surface area contributed by atoms with Crippen LogP contribution in [0.5, 0.6) is 5.75 Å². The molecule has 6 atom stereocenters. The maximum absolute atomic E-state index is 11.4. The van der Waals surface area contributed by atoms with E-state index < -0.39 is 6.10 Å². The maximum atomic E-state index is 11.4. The lowest BCUT2D eigenvalue weighted by Gasteiger charge is -2.41. The third-order valence-electron chi connectivity index (χ3n) is 10.7. The molecule has 0 unspecified atom stereocenters. The Bertz CT molecular complexity index is 1300. The summed E-state index contributed by atoms with van der Waals surface area (Å²) in [5.74, 6) is 3.22. The molecule has 0 aliphatic carbocycles. The van der Waals surface area contributed by atoms with Crippen molar-refractivity contribution in [2.45, 2.75) is 133 Å². The van der Waals surface area contributed by atoms with Crippen LogP contribution in [0.15, 0.2) is 66.7 Å². The third kappa shape index (κ3) is 15.7. The van der Waals surface area contributed by atoms with E-state index in [4.69, 9.17) is 28.4 Å². The molecule has 2 aliphatic heterocycles. The van der Waals surface area contributed by atoms with Gasteiger partial charge in [-0.2, -0.15) is 0 Å². The predicted octanol–water partition coefficient (Wildman–Crippen LogP) is 9.20. The molecule has 4 rings (SSSR count). The second-order valence-electron chi connectivity index (χ2n) is 15.7. The van der Waals surface area contributed by atoms with Crippen molar-refractivity contribution >= 4 is 23.5 Å². The molecule has 2 N–H and O–H groups in total. The number of rotatable bonds is 25. The Labute approximate surface area is 334 Å². The van der Waals surface area contributed by atoms with Gasteiger partial charge in [0.05, 0.1) is 68.1 Å². The van der Waals surface area contributed by atoms with Crippen LogP contribution < -0.4 is 4.74 Å². The Balaban J connectivity index is 1.39. The van der Waals surface area contributed by atoms with E-state index >= 15 is 0 Å². The average Bonchev–Trinajstić information content (AvgIpc) is 3.18. The minimum absolute atomic E-state index is 0.0453. The zero-order valence-corrected chi connectivity index (χ0v) is 35.1. The molecule has 0 spiro atoms. The summed E-state index contributed by atoms with van der Waals surface area (Å²) in [5.41, 5.74) is 2.14.